The minimum atomic E-state index is -0.748. The summed E-state index contributed by atoms with van der Waals surface area (Å²) in [4.78, 5) is 32.6. The van der Waals surface area contributed by atoms with Crippen LogP contribution in [0.5, 0.6) is 0 Å². The molecule has 0 aliphatic rings. The molecule has 0 aliphatic heterocycles. The number of aliphatic hydroxyl groups excluding tert-OH is 1. The predicted octanol–water partition coefficient (Wildman–Crippen LogP) is 2.84. The van der Waals surface area contributed by atoms with Crippen molar-refractivity contribution in [3.63, 3.8) is 0 Å². The highest BCUT2D eigenvalue weighted by atomic mass is 19.1. The molecule has 3 N–H and O–H groups in total. The number of nitrogens with one attached hydrogen (secondary N) is 2. The minimum Gasteiger partial charge on any atom is -0.394 e. The number of pyridine rings is 1. The fraction of sp³-hybridized carbons (Fsp3) is 0.0833. The van der Waals surface area contributed by atoms with Gasteiger partial charge >= 0.3 is 0 Å². The van der Waals surface area contributed by atoms with E-state index in [2.05, 4.69) is 20.4 Å². The summed E-state index contributed by atoms with van der Waals surface area (Å²) >= 11 is 0. The average molecular weight is 443 g/mol. The number of H-pyrrole nitrogens is 1. The van der Waals surface area contributed by atoms with Gasteiger partial charge in [-0.1, -0.05) is 30.3 Å². The molecule has 3 heterocycles. The highest BCUT2D eigenvalue weighted by Gasteiger charge is 2.19. The van der Waals surface area contributed by atoms with E-state index < -0.39 is 23.3 Å². The molecule has 2 aromatic carbocycles. The molecule has 33 heavy (non-hydrogen) atoms. The van der Waals surface area contributed by atoms with Gasteiger partial charge in [0.2, 0.25) is 0 Å². The van der Waals surface area contributed by atoms with Gasteiger partial charge in [-0.05, 0) is 29.8 Å². The third-order valence-electron chi connectivity index (χ3n) is 5.38. The summed E-state index contributed by atoms with van der Waals surface area (Å²) in [7, 11) is 0. The predicted molar refractivity (Wildman–Crippen MR) is 120 cm³/mol. The number of hydrogen-bond acceptors (Lipinski definition) is 5. The maximum atomic E-state index is 13.2. The van der Waals surface area contributed by atoms with Gasteiger partial charge in [0, 0.05) is 23.2 Å². The van der Waals surface area contributed by atoms with Crippen molar-refractivity contribution in [3.05, 3.63) is 100 Å². The van der Waals surface area contributed by atoms with Crippen molar-refractivity contribution >= 4 is 22.3 Å². The van der Waals surface area contributed by atoms with E-state index in [1.165, 1.54) is 34.8 Å². The lowest BCUT2D eigenvalue weighted by Gasteiger charge is -2.15. The number of aromatic amines is 1. The molecule has 0 radical (unpaired) electrons. The summed E-state index contributed by atoms with van der Waals surface area (Å²) in [6, 6.07) is 15.5. The van der Waals surface area contributed by atoms with Gasteiger partial charge in [0.1, 0.15) is 11.3 Å². The third-order valence-corrected chi connectivity index (χ3v) is 5.38. The van der Waals surface area contributed by atoms with Crippen LogP contribution in [0, 0.1) is 5.82 Å². The van der Waals surface area contributed by atoms with Crippen LogP contribution in [-0.4, -0.2) is 37.2 Å². The first-order valence-corrected chi connectivity index (χ1v) is 10.2. The first-order valence-electron chi connectivity index (χ1n) is 10.2. The van der Waals surface area contributed by atoms with Crippen LogP contribution in [0.4, 0.5) is 4.39 Å². The monoisotopic (exact) mass is 443 g/mol. The Kier molecular flexibility index (Phi) is 5.15. The summed E-state index contributed by atoms with van der Waals surface area (Å²) in [5, 5.41) is 17.5. The molecule has 8 nitrogen and oxygen atoms in total. The zero-order chi connectivity index (χ0) is 22.9. The summed E-state index contributed by atoms with van der Waals surface area (Å²) in [6.45, 7) is -0.383. The Morgan fingerprint density at radius 2 is 1.97 bits per heavy atom. The van der Waals surface area contributed by atoms with Crippen molar-refractivity contribution < 1.29 is 14.3 Å². The van der Waals surface area contributed by atoms with Crippen LogP contribution in [0.3, 0.4) is 0 Å². The lowest BCUT2D eigenvalue weighted by molar-refractivity contribution is 0.0911. The van der Waals surface area contributed by atoms with Crippen LogP contribution in [0.1, 0.15) is 22.1 Å². The zero-order valence-electron chi connectivity index (χ0n) is 17.2. The molecule has 1 unspecified atom stereocenters. The second-order valence-corrected chi connectivity index (χ2v) is 7.53. The van der Waals surface area contributed by atoms with Crippen LogP contribution in [-0.2, 0) is 0 Å². The molecule has 0 fully saturated rings. The Bertz CT molecular complexity index is 1540. The molecule has 1 amide bonds. The number of fused-ring (bicyclic) bond motifs is 2. The van der Waals surface area contributed by atoms with Crippen molar-refractivity contribution in [2.24, 2.45) is 0 Å². The van der Waals surface area contributed by atoms with E-state index in [-0.39, 0.29) is 17.8 Å². The summed E-state index contributed by atoms with van der Waals surface area (Å²) < 4.78 is 14.5. The standard InChI is InChI=1S/C24H18FN5O3/c25-17-7-5-15(6-8-17)21(13-31)28-23(32)19-11-22-24(33)27-20(12-30(22)29-19)16-4-3-14-2-1-9-26-18(14)10-16/h1-12,21,31H,13H2,(H,27,33)(H,28,32). The molecule has 5 aromatic rings. The number of carbonyl (C=O) groups excluding carboxylic acids is 1. The summed E-state index contributed by atoms with van der Waals surface area (Å²) in [5.74, 6) is -0.989. The van der Waals surface area contributed by atoms with E-state index in [0.29, 0.717) is 11.3 Å². The van der Waals surface area contributed by atoms with Crippen molar-refractivity contribution in [3.8, 4) is 11.3 Å². The van der Waals surface area contributed by atoms with E-state index in [0.717, 1.165) is 16.5 Å². The van der Waals surface area contributed by atoms with Gasteiger partial charge in [0.05, 0.1) is 30.1 Å². The topological polar surface area (TPSA) is 112 Å². The Morgan fingerprint density at radius 3 is 2.76 bits per heavy atom. The van der Waals surface area contributed by atoms with Crippen molar-refractivity contribution in [2.75, 3.05) is 6.61 Å². The van der Waals surface area contributed by atoms with E-state index in [1.54, 1.807) is 12.4 Å². The number of carbonyl (C=O) groups is 1. The molecule has 0 saturated heterocycles. The van der Waals surface area contributed by atoms with Gasteiger partial charge in [0.25, 0.3) is 11.5 Å². The molecule has 9 heteroatoms. The average Bonchev–Trinajstić information content (AvgIpc) is 3.28. The summed E-state index contributed by atoms with van der Waals surface area (Å²) in [6.07, 6.45) is 3.32. The molecular weight excluding hydrogens is 425 g/mol. The Hall–Kier alpha value is -4.37. The van der Waals surface area contributed by atoms with Crippen LogP contribution in [0.2, 0.25) is 0 Å². The molecule has 0 bridgehead atoms. The number of rotatable bonds is 5. The minimum absolute atomic E-state index is 0.0124. The molecule has 0 spiro atoms. The van der Waals surface area contributed by atoms with Crippen LogP contribution >= 0.6 is 0 Å². The molecule has 0 saturated carbocycles. The fourth-order valence-corrected chi connectivity index (χ4v) is 3.66. The number of hydrogen-bond donors (Lipinski definition) is 3. The first kappa shape index (κ1) is 20.5. The second-order valence-electron chi connectivity index (χ2n) is 7.53. The number of amides is 1. The van der Waals surface area contributed by atoms with Gasteiger partial charge in [-0.2, -0.15) is 5.10 Å². The Balaban J connectivity index is 1.46. The molecule has 3 aromatic heterocycles. The van der Waals surface area contributed by atoms with Gasteiger partial charge in [-0.25, -0.2) is 8.91 Å². The van der Waals surface area contributed by atoms with E-state index in [9.17, 15) is 19.1 Å². The van der Waals surface area contributed by atoms with Gasteiger partial charge in [-0.3, -0.25) is 14.6 Å². The van der Waals surface area contributed by atoms with Crippen LogP contribution in [0.25, 0.3) is 27.7 Å². The highest BCUT2D eigenvalue weighted by molar-refractivity contribution is 5.93. The zero-order valence-corrected chi connectivity index (χ0v) is 17.2. The fourth-order valence-electron chi connectivity index (χ4n) is 3.66. The van der Waals surface area contributed by atoms with Crippen LogP contribution < -0.4 is 10.9 Å². The number of aromatic nitrogens is 4. The van der Waals surface area contributed by atoms with Crippen molar-refractivity contribution in [1.29, 1.82) is 0 Å². The molecular formula is C24H18FN5O3. The van der Waals surface area contributed by atoms with E-state index in [4.69, 9.17) is 0 Å². The molecule has 0 aliphatic carbocycles. The lowest BCUT2D eigenvalue weighted by atomic mass is 10.1. The highest BCUT2D eigenvalue weighted by Crippen LogP contribution is 2.21. The Morgan fingerprint density at radius 1 is 1.15 bits per heavy atom. The normalized spacial score (nSPS) is 12.2. The number of halogens is 1. The van der Waals surface area contributed by atoms with Crippen LogP contribution in [0.15, 0.2) is 77.9 Å². The van der Waals surface area contributed by atoms with Crippen molar-refractivity contribution in [2.45, 2.75) is 6.04 Å². The first-order chi connectivity index (χ1) is 16.0. The van der Waals surface area contributed by atoms with Gasteiger partial charge in [-0.15, -0.1) is 0 Å². The van der Waals surface area contributed by atoms with Crippen molar-refractivity contribution in [1.82, 2.24) is 24.9 Å². The number of nitrogens with zero attached hydrogens (tertiary/aromatic N) is 3. The molecule has 1 atom stereocenters. The smallest absolute Gasteiger partial charge is 0.274 e. The maximum absolute atomic E-state index is 13.2. The SMILES string of the molecule is O=C(NC(CO)c1ccc(F)cc1)c1cc2c(=O)[nH]c(-c3ccc4cccnc4c3)cn2n1. The molecule has 164 valence electrons. The number of aliphatic hydroxyl groups is 1. The summed E-state index contributed by atoms with van der Waals surface area (Å²) in [5.41, 5.74) is 2.40. The Labute approximate surface area is 186 Å². The lowest BCUT2D eigenvalue weighted by Crippen LogP contribution is -2.31. The maximum Gasteiger partial charge on any atom is 0.274 e. The van der Waals surface area contributed by atoms with E-state index in [1.807, 2.05) is 30.3 Å². The van der Waals surface area contributed by atoms with E-state index >= 15 is 0 Å². The second kappa shape index (κ2) is 8.29. The third kappa shape index (κ3) is 3.97. The quantitative estimate of drug-likeness (QED) is 0.387. The van der Waals surface area contributed by atoms with Gasteiger partial charge in [0.15, 0.2) is 5.69 Å². The largest absolute Gasteiger partial charge is 0.394 e. The number of benzene rings is 2. The van der Waals surface area contributed by atoms with Gasteiger partial charge < -0.3 is 15.4 Å². The molecule has 5 rings (SSSR count).